The van der Waals surface area contributed by atoms with Gasteiger partial charge in [0.15, 0.2) is 0 Å². The normalized spacial score (nSPS) is 12.0. The van der Waals surface area contributed by atoms with Gasteiger partial charge in [0.05, 0.1) is 29.5 Å². The Hall–Kier alpha value is -3.47. The second-order valence-corrected chi connectivity index (χ2v) is 8.63. The molecule has 0 bridgehead atoms. The second-order valence-electron chi connectivity index (χ2n) is 6.77. The minimum absolute atomic E-state index is 0.00117. The third kappa shape index (κ3) is 5.57. The summed E-state index contributed by atoms with van der Waals surface area (Å²) in [6.07, 6.45) is 1.02. The number of nitrogens with zero attached hydrogens (tertiary/aromatic N) is 2. The van der Waals surface area contributed by atoms with E-state index in [1.807, 2.05) is 0 Å². The van der Waals surface area contributed by atoms with E-state index in [0.717, 1.165) is 16.6 Å². The number of nitro groups is 1. The average Bonchev–Trinajstić information content (AvgIpc) is 2.71. The molecule has 0 fully saturated rings. The quantitative estimate of drug-likeness (QED) is 0.372. The second kappa shape index (κ2) is 9.56. The Balaban J connectivity index is 2.46. The number of non-ortho nitro benzene ring substituents is 1. The maximum absolute atomic E-state index is 13.1. The lowest BCUT2D eigenvalue weighted by atomic mass is 10.1. The molecule has 10 nitrogen and oxygen atoms in total. The van der Waals surface area contributed by atoms with Gasteiger partial charge in [-0.1, -0.05) is 19.1 Å². The molecule has 166 valence electrons. The lowest BCUT2D eigenvalue weighted by Crippen LogP contribution is -2.47. The molecular weight excluding hydrogens is 426 g/mol. The minimum atomic E-state index is -3.97. The van der Waals surface area contributed by atoms with Crippen LogP contribution in [0, 0.1) is 17.0 Å². The van der Waals surface area contributed by atoms with Crippen LogP contribution in [0.25, 0.3) is 0 Å². The fourth-order valence-corrected chi connectivity index (χ4v) is 4.23. The standard InChI is InChI=1S/C20H23N3O7S/c1-5-18(19(24)21-17-11-14(20(25)30-3)10-9-13(17)2)22(31(4,28)29)15-7-6-8-16(12-15)23(26)27/h6-12,18H,5H2,1-4H3,(H,21,24). The van der Waals surface area contributed by atoms with Crippen LogP contribution in [0.1, 0.15) is 29.3 Å². The number of carbonyl (C=O) groups excluding carboxylic acids is 2. The summed E-state index contributed by atoms with van der Waals surface area (Å²) in [5.41, 5.74) is 0.882. The number of methoxy groups -OCH3 is 1. The van der Waals surface area contributed by atoms with Crippen molar-refractivity contribution in [1.29, 1.82) is 0 Å². The topological polar surface area (TPSA) is 136 Å². The molecule has 0 aliphatic carbocycles. The number of sulfonamides is 1. The van der Waals surface area contributed by atoms with Crippen molar-refractivity contribution < 1.29 is 27.7 Å². The highest BCUT2D eigenvalue weighted by molar-refractivity contribution is 7.92. The molecule has 1 atom stereocenters. The fraction of sp³-hybridized carbons (Fsp3) is 0.300. The first-order valence-corrected chi connectivity index (χ1v) is 11.1. The van der Waals surface area contributed by atoms with Crippen molar-refractivity contribution in [2.45, 2.75) is 26.3 Å². The van der Waals surface area contributed by atoms with Crippen molar-refractivity contribution in [3.63, 3.8) is 0 Å². The minimum Gasteiger partial charge on any atom is -0.465 e. The molecule has 0 saturated carbocycles. The summed E-state index contributed by atoms with van der Waals surface area (Å²) >= 11 is 0. The van der Waals surface area contributed by atoms with E-state index < -0.39 is 32.9 Å². The van der Waals surface area contributed by atoms with Gasteiger partial charge in [-0.3, -0.25) is 19.2 Å². The van der Waals surface area contributed by atoms with Crippen LogP contribution in [0.2, 0.25) is 0 Å². The van der Waals surface area contributed by atoms with E-state index in [1.165, 1.54) is 31.4 Å². The lowest BCUT2D eigenvalue weighted by molar-refractivity contribution is -0.384. The highest BCUT2D eigenvalue weighted by atomic mass is 32.2. The molecule has 1 unspecified atom stereocenters. The summed E-state index contributed by atoms with van der Waals surface area (Å²) in [7, 11) is -2.74. The van der Waals surface area contributed by atoms with Gasteiger partial charge in [0.1, 0.15) is 6.04 Å². The monoisotopic (exact) mass is 449 g/mol. The van der Waals surface area contributed by atoms with Gasteiger partial charge in [-0.05, 0) is 37.1 Å². The molecule has 0 saturated heterocycles. The number of amides is 1. The molecule has 1 N–H and O–H groups in total. The third-order valence-corrected chi connectivity index (χ3v) is 5.72. The molecule has 0 aliphatic heterocycles. The summed E-state index contributed by atoms with van der Waals surface area (Å²) in [5.74, 6) is -1.23. The van der Waals surface area contributed by atoms with Crippen molar-refractivity contribution in [3.8, 4) is 0 Å². The van der Waals surface area contributed by atoms with Crippen LogP contribution in [-0.2, 0) is 19.6 Å². The molecule has 0 heterocycles. The van der Waals surface area contributed by atoms with Gasteiger partial charge in [0, 0.05) is 17.8 Å². The Labute approximate surface area is 180 Å². The Kier molecular flexibility index (Phi) is 7.34. The maximum atomic E-state index is 13.1. The highest BCUT2D eigenvalue weighted by Gasteiger charge is 2.32. The van der Waals surface area contributed by atoms with Crippen molar-refractivity contribution in [1.82, 2.24) is 0 Å². The van der Waals surface area contributed by atoms with E-state index in [0.29, 0.717) is 11.3 Å². The van der Waals surface area contributed by atoms with Gasteiger partial charge in [-0.25, -0.2) is 13.2 Å². The number of aryl methyl sites for hydroxylation is 1. The van der Waals surface area contributed by atoms with Crippen molar-refractivity contribution in [2.75, 3.05) is 23.0 Å². The van der Waals surface area contributed by atoms with E-state index in [2.05, 4.69) is 10.1 Å². The zero-order valence-corrected chi connectivity index (χ0v) is 18.3. The summed E-state index contributed by atoms with van der Waals surface area (Å²) in [6, 6.07) is 8.47. The fourth-order valence-electron chi connectivity index (χ4n) is 3.02. The number of esters is 1. The molecule has 11 heteroatoms. The Morgan fingerprint density at radius 1 is 1.23 bits per heavy atom. The Bertz CT molecular complexity index is 1120. The van der Waals surface area contributed by atoms with Gasteiger partial charge in [0.2, 0.25) is 15.9 Å². The third-order valence-electron chi connectivity index (χ3n) is 4.54. The number of benzene rings is 2. The molecule has 31 heavy (non-hydrogen) atoms. The van der Waals surface area contributed by atoms with E-state index in [-0.39, 0.29) is 23.4 Å². The first kappa shape index (κ1) is 23.8. The van der Waals surface area contributed by atoms with E-state index in [9.17, 15) is 28.1 Å². The molecule has 0 aliphatic rings. The van der Waals surface area contributed by atoms with Crippen LogP contribution >= 0.6 is 0 Å². The molecule has 0 spiro atoms. The highest BCUT2D eigenvalue weighted by Crippen LogP contribution is 2.27. The van der Waals surface area contributed by atoms with Crippen molar-refractivity contribution >= 4 is 39.0 Å². The van der Waals surface area contributed by atoms with Crippen LogP contribution in [0.4, 0.5) is 17.1 Å². The molecule has 2 rings (SSSR count). The number of carbonyl (C=O) groups is 2. The number of hydrogen-bond donors (Lipinski definition) is 1. The van der Waals surface area contributed by atoms with Crippen LogP contribution in [-0.4, -0.2) is 44.6 Å². The van der Waals surface area contributed by atoms with Crippen LogP contribution in [0.5, 0.6) is 0 Å². The molecular formula is C20H23N3O7S. The summed E-state index contributed by atoms with van der Waals surface area (Å²) in [6.45, 7) is 3.34. The Morgan fingerprint density at radius 2 is 1.90 bits per heavy atom. The van der Waals surface area contributed by atoms with Gasteiger partial charge in [-0.2, -0.15) is 0 Å². The summed E-state index contributed by atoms with van der Waals surface area (Å²) in [5, 5.41) is 13.8. The number of rotatable bonds is 8. The van der Waals surface area contributed by atoms with Crippen molar-refractivity contribution in [2.24, 2.45) is 0 Å². The summed E-state index contributed by atoms with van der Waals surface area (Å²) in [4.78, 5) is 35.3. The van der Waals surface area contributed by atoms with E-state index in [1.54, 1.807) is 26.0 Å². The predicted octanol–water partition coefficient (Wildman–Crippen LogP) is 2.87. The number of anilines is 2. The first-order chi connectivity index (χ1) is 14.5. The number of ether oxygens (including phenoxy) is 1. The van der Waals surface area contributed by atoms with Crippen LogP contribution in [0.3, 0.4) is 0 Å². The molecule has 2 aromatic rings. The number of hydrogen-bond acceptors (Lipinski definition) is 7. The smallest absolute Gasteiger partial charge is 0.337 e. The SMILES string of the molecule is CCC(C(=O)Nc1cc(C(=O)OC)ccc1C)N(c1cccc([N+](=O)[O-])c1)S(C)(=O)=O. The zero-order chi connectivity index (χ0) is 23.3. The molecule has 0 aromatic heterocycles. The van der Waals surface area contributed by atoms with Gasteiger partial charge in [-0.15, -0.1) is 0 Å². The molecule has 1 amide bonds. The van der Waals surface area contributed by atoms with Crippen LogP contribution < -0.4 is 9.62 Å². The van der Waals surface area contributed by atoms with Gasteiger partial charge in [0.25, 0.3) is 5.69 Å². The molecule has 2 aromatic carbocycles. The average molecular weight is 449 g/mol. The number of nitrogens with one attached hydrogen (secondary N) is 1. The largest absolute Gasteiger partial charge is 0.465 e. The van der Waals surface area contributed by atoms with E-state index in [4.69, 9.17) is 0 Å². The zero-order valence-electron chi connectivity index (χ0n) is 17.5. The van der Waals surface area contributed by atoms with E-state index >= 15 is 0 Å². The lowest BCUT2D eigenvalue weighted by Gasteiger charge is -2.30. The number of nitro benzene ring substituents is 1. The van der Waals surface area contributed by atoms with Gasteiger partial charge < -0.3 is 10.1 Å². The van der Waals surface area contributed by atoms with Gasteiger partial charge >= 0.3 is 5.97 Å². The summed E-state index contributed by atoms with van der Waals surface area (Å²) < 4.78 is 30.6. The first-order valence-electron chi connectivity index (χ1n) is 9.23. The van der Waals surface area contributed by atoms with Crippen molar-refractivity contribution in [3.05, 3.63) is 63.7 Å². The molecule has 0 radical (unpaired) electrons. The maximum Gasteiger partial charge on any atom is 0.337 e. The Morgan fingerprint density at radius 3 is 2.45 bits per heavy atom. The predicted molar refractivity (Wildman–Crippen MR) is 116 cm³/mol. The van der Waals surface area contributed by atoms with Crippen LogP contribution in [0.15, 0.2) is 42.5 Å².